The number of fused-ring (bicyclic) bond motifs is 1. The molecule has 1 aliphatic rings. The Morgan fingerprint density at radius 3 is 2.94 bits per heavy atom. The molecule has 1 aliphatic heterocycles. The molecular weight excluding hydrogens is 204 g/mol. The predicted molar refractivity (Wildman–Crippen MR) is 61.7 cm³/mol. The van der Waals surface area contributed by atoms with E-state index in [-0.39, 0.29) is 6.10 Å². The molecule has 0 unspecified atom stereocenters. The Bertz CT molecular complexity index is 354. The molecule has 2 rings (SSSR count). The minimum absolute atomic E-state index is 0.0429. The maximum atomic E-state index is 9.58. The van der Waals surface area contributed by atoms with Gasteiger partial charge in [0, 0.05) is 6.42 Å². The van der Waals surface area contributed by atoms with Crippen molar-refractivity contribution in [2.24, 2.45) is 0 Å². The normalized spacial score (nSPS) is 20.1. The number of rotatable bonds is 3. The summed E-state index contributed by atoms with van der Waals surface area (Å²) >= 11 is 0. The van der Waals surface area contributed by atoms with E-state index in [4.69, 9.17) is 9.47 Å². The zero-order chi connectivity index (χ0) is 11.6. The van der Waals surface area contributed by atoms with Crippen LogP contribution in [0.2, 0.25) is 0 Å². The summed E-state index contributed by atoms with van der Waals surface area (Å²) in [6.07, 6.45) is 0.896. The lowest BCUT2D eigenvalue weighted by molar-refractivity contribution is -0.0677. The average Bonchev–Trinajstić information content (AvgIpc) is 2.25. The maximum Gasteiger partial charge on any atom is 0.122 e. The number of ether oxygens (including phenoxy) is 2. The lowest BCUT2D eigenvalue weighted by atomic mass is 10.0. The van der Waals surface area contributed by atoms with Gasteiger partial charge in [-0.1, -0.05) is 18.2 Å². The summed E-state index contributed by atoms with van der Waals surface area (Å²) in [4.78, 5) is 0. The maximum absolute atomic E-state index is 9.58. The zero-order valence-electron chi connectivity index (χ0n) is 9.77. The SMILES string of the molecule is CC(C)(O)CO[C@H]1COc2ccccc2C1. The number of benzene rings is 1. The van der Waals surface area contributed by atoms with Crippen molar-refractivity contribution in [2.45, 2.75) is 32.0 Å². The van der Waals surface area contributed by atoms with E-state index < -0.39 is 5.60 Å². The van der Waals surface area contributed by atoms with Gasteiger partial charge in [0.25, 0.3) is 0 Å². The lowest BCUT2D eigenvalue weighted by Crippen LogP contribution is -2.35. The minimum atomic E-state index is -0.781. The molecule has 0 saturated heterocycles. The quantitative estimate of drug-likeness (QED) is 0.847. The fourth-order valence-corrected chi connectivity index (χ4v) is 1.73. The summed E-state index contributed by atoms with van der Waals surface area (Å²) in [6, 6.07) is 7.99. The van der Waals surface area contributed by atoms with Crippen LogP contribution in [-0.2, 0) is 11.2 Å². The van der Waals surface area contributed by atoms with Gasteiger partial charge in [-0.3, -0.25) is 0 Å². The second-order valence-corrected chi connectivity index (χ2v) is 4.87. The smallest absolute Gasteiger partial charge is 0.122 e. The van der Waals surface area contributed by atoms with Gasteiger partial charge in [0.1, 0.15) is 12.4 Å². The minimum Gasteiger partial charge on any atom is -0.491 e. The molecule has 0 bridgehead atoms. The third-order valence-electron chi connectivity index (χ3n) is 2.52. The lowest BCUT2D eigenvalue weighted by Gasteiger charge is -2.27. The van der Waals surface area contributed by atoms with Crippen molar-refractivity contribution in [2.75, 3.05) is 13.2 Å². The van der Waals surface area contributed by atoms with Crippen LogP contribution in [0.3, 0.4) is 0 Å². The molecule has 1 aromatic rings. The molecule has 0 amide bonds. The molecule has 3 heteroatoms. The van der Waals surface area contributed by atoms with E-state index in [1.165, 1.54) is 5.56 Å². The van der Waals surface area contributed by atoms with Crippen molar-refractivity contribution in [1.82, 2.24) is 0 Å². The first-order chi connectivity index (χ1) is 7.54. The Morgan fingerprint density at radius 1 is 1.44 bits per heavy atom. The summed E-state index contributed by atoms with van der Waals surface area (Å²) < 4.78 is 11.2. The van der Waals surface area contributed by atoms with Crippen LogP contribution >= 0.6 is 0 Å². The largest absolute Gasteiger partial charge is 0.491 e. The highest BCUT2D eigenvalue weighted by molar-refractivity contribution is 5.35. The van der Waals surface area contributed by atoms with Gasteiger partial charge in [-0.2, -0.15) is 0 Å². The third-order valence-corrected chi connectivity index (χ3v) is 2.52. The molecule has 0 aromatic heterocycles. The monoisotopic (exact) mass is 222 g/mol. The van der Waals surface area contributed by atoms with Crippen LogP contribution in [0.1, 0.15) is 19.4 Å². The van der Waals surface area contributed by atoms with Crippen molar-refractivity contribution in [3.63, 3.8) is 0 Å². The molecule has 1 aromatic carbocycles. The zero-order valence-corrected chi connectivity index (χ0v) is 9.77. The van der Waals surface area contributed by atoms with Crippen LogP contribution in [0.25, 0.3) is 0 Å². The second-order valence-electron chi connectivity index (χ2n) is 4.87. The Labute approximate surface area is 96.0 Å². The molecule has 0 fully saturated rings. The van der Waals surface area contributed by atoms with Gasteiger partial charge in [-0.05, 0) is 25.5 Å². The molecule has 0 spiro atoms. The van der Waals surface area contributed by atoms with Crippen molar-refractivity contribution in [3.05, 3.63) is 29.8 Å². The molecule has 0 aliphatic carbocycles. The molecular formula is C13H18O3. The van der Waals surface area contributed by atoms with Crippen LogP contribution in [0.4, 0.5) is 0 Å². The number of para-hydroxylation sites is 1. The van der Waals surface area contributed by atoms with E-state index in [0.29, 0.717) is 13.2 Å². The Balaban J connectivity index is 1.93. The predicted octanol–water partition coefficient (Wildman–Crippen LogP) is 1.78. The molecule has 16 heavy (non-hydrogen) atoms. The van der Waals surface area contributed by atoms with E-state index in [2.05, 4.69) is 6.07 Å². The summed E-state index contributed by atoms with van der Waals surface area (Å²) in [5, 5.41) is 9.58. The first-order valence-corrected chi connectivity index (χ1v) is 5.59. The van der Waals surface area contributed by atoms with Crippen LogP contribution in [-0.4, -0.2) is 30.0 Å². The van der Waals surface area contributed by atoms with E-state index >= 15 is 0 Å². The Kier molecular flexibility index (Phi) is 3.17. The van der Waals surface area contributed by atoms with Gasteiger partial charge < -0.3 is 14.6 Å². The standard InChI is InChI=1S/C13H18O3/c1-13(2,14)9-16-11-7-10-5-3-4-6-12(10)15-8-11/h3-6,11,14H,7-9H2,1-2H3/t11-/m1/s1. The van der Waals surface area contributed by atoms with Gasteiger partial charge in [0.15, 0.2) is 0 Å². The van der Waals surface area contributed by atoms with Crippen LogP contribution in [0.5, 0.6) is 5.75 Å². The van der Waals surface area contributed by atoms with Crippen molar-refractivity contribution >= 4 is 0 Å². The summed E-state index contributed by atoms with van der Waals surface area (Å²) in [6.45, 7) is 4.38. The topological polar surface area (TPSA) is 38.7 Å². The van der Waals surface area contributed by atoms with Gasteiger partial charge in [0.2, 0.25) is 0 Å². The van der Waals surface area contributed by atoms with Gasteiger partial charge in [-0.15, -0.1) is 0 Å². The number of hydrogen-bond acceptors (Lipinski definition) is 3. The average molecular weight is 222 g/mol. The van der Waals surface area contributed by atoms with Crippen LogP contribution in [0.15, 0.2) is 24.3 Å². The first-order valence-electron chi connectivity index (χ1n) is 5.59. The Morgan fingerprint density at radius 2 is 2.19 bits per heavy atom. The van der Waals surface area contributed by atoms with Crippen molar-refractivity contribution in [1.29, 1.82) is 0 Å². The van der Waals surface area contributed by atoms with E-state index in [1.54, 1.807) is 13.8 Å². The Hall–Kier alpha value is -1.06. The highest BCUT2D eigenvalue weighted by Crippen LogP contribution is 2.25. The fourth-order valence-electron chi connectivity index (χ4n) is 1.73. The van der Waals surface area contributed by atoms with Crippen LogP contribution < -0.4 is 4.74 Å². The van der Waals surface area contributed by atoms with E-state index in [1.807, 2.05) is 18.2 Å². The van der Waals surface area contributed by atoms with Crippen LogP contribution in [0, 0.1) is 0 Å². The van der Waals surface area contributed by atoms with Crippen molar-refractivity contribution < 1.29 is 14.6 Å². The summed E-state index contributed by atoms with van der Waals surface area (Å²) in [7, 11) is 0. The molecule has 1 heterocycles. The molecule has 1 atom stereocenters. The number of hydrogen-bond donors (Lipinski definition) is 1. The van der Waals surface area contributed by atoms with Crippen molar-refractivity contribution in [3.8, 4) is 5.75 Å². The van der Waals surface area contributed by atoms with Gasteiger partial charge in [-0.25, -0.2) is 0 Å². The highest BCUT2D eigenvalue weighted by atomic mass is 16.5. The second kappa shape index (κ2) is 4.44. The highest BCUT2D eigenvalue weighted by Gasteiger charge is 2.22. The number of aliphatic hydroxyl groups is 1. The molecule has 1 N–H and O–H groups in total. The van der Waals surface area contributed by atoms with Gasteiger partial charge >= 0.3 is 0 Å². The third kappa shape index (κ3) is 2.97. The first kappa shape index (κ1) is 11.4. The summed E-state index contributed by atoms with van der Waals surface area (Å²) in [5.41, 5.74) is 0.395. The van der Waals surface area contributed by atoms with E-state index in [0.717, 1.165) is 12.2 Å². The molecule has 88 valence electrons. The molecule has 0 saturated carbocycles. The summed E-state index contributed by atoms with van der Waals surface area (Å²) in [5.74, 6) is 0.950. The molecule has 0 radical (unpaired) electrons. The molecule has 3 nitrogen and oxygen atoms in total. The van der Waals surface area contributed by atoms with E-state index in [9.17, 15) is 5.11 Å². The fraction of sp³-hybridized carbons (Fsp3) is 0.538. The van der Waals surface area contributed by atoms with Gasteiger partial charge in [0.05, 0.1) is 18.3 Å².